The summed E-state index contributed by atoms with van der Waals surface area (Å²) >= 11 is 0. The topological polar surface area (TPSA) is 72.2 Å². The summed E-state index contributed by atoms with van der Waals surface area (Å²) in [7, 11) is 0. The number of anilines is 1. The van der Waals surface area contributed by atoms with Gasteiger partial charge in [0.25, 0.3) is 5.69 Å². The van der Waals surface area contributed by atoms with E-state index in [2.05, 4.69) is 5.32 Å². The van der Waals surface area contributed by atoms with Gasteiger partial charge in [0, 0.05) is 12.0 Å². The van der Waals surface area contributed by atoms with Crippen molar-refractivity contribution in [2.45, 2.75) is 20.3 Å². The number of amides is 1. The number of benzene rings is 1. The molecule has 0 unspecified atom stereocenters. The Morgan fingerprint density at radius 1 is 1.47 bits per heavy atom. The number of nitrogens with one attached hydrogen (secondary N) is 1. The fourth-order valence-corrected chi connectivity index (χ4v) is 1.87. The molecule has 1 aromatic carbocycles. The Labute approximate surface area is 99.0 Å². The first-order valence-electron chi connectivity index (χ1n) is 5.46. The second-order valence-electron chi connectivity index (χ2n) is 5.01. The van der Waals surface area contributed by atoms with Crippen LogP contribution in [0.4, 0.5) is 11.4 Å². The molecule has 1 amide bonds. The molecule has 0 heterocycles. The lowest BCUT2D eigenvalue weighted by Crippen LogP contribution is -2.17. The molecule has 5 heteroatoms. The fourth-order valence-electron chi connectivity index (χ4n) is 1.87. The van der Waals surface area contributed by atoms with Crippen molar-refractivity contribution in [3.05, 3.63) is 34.4 Å². The van der Waals surface area contributed by atoms with E-state index in [1.54, 1.807) is 18.2 Å². The van der Waals surface area contributed by atoms with E-state index < -0.39 is 4.92 Å². The molecular weight excluding hydrogens is 220 g/mol. The van der Waals surface area contributed by atoms with Gasteiger partial charge in [-0.05, 0) is 17.9 Å². The van der Waals surface area contributed by atoms with Crippen LogP contribution in [0.3, 0.4) is 0 Å². The summed E-state index contributed by atoms with van der Waals surface area (Å²) in [4.78, 5) is 22.1. The SMILES string of the molecule is CC1(C)C[C@@H]1C(=O)Nc1ccccc1[N+](=O)[O-]. The molecule has 90 valence electrons. The molecule has 1 atom stereocenters. The van der Waals surface area contributed by atoms with Gasteiger partial charge in [0.05, 0.1) is 4.92 Å². The van der Waals surface area contributed by atoms with Crippen LogP contribution >= 0.6 is 0 Å². The van der Waals surface area contributed by atoms with Crippen LogP contribution in [0, 0.1) is 21.4 Å². The second kappa shape index (κ2) is 3.84. The summed E-state index contributed by atoms with van der Waals surface area (Å²) in [6.45, 7) is 4.02. The number of para-hydroxylation sites is 2. The van der Waals surface area contributed by atoms with Crippen molar-refractivity contribution in [1.29, 1.82) is 0 Å². The van der Waals surface area contributed by atoms with Gasteiger partial charge in [-0.15, -0.1) is 0 Å². The van der Waals surface area contributed by atoms with Crippen LogP contribution in [-0.2, 0) is 4.79 Å². The Bertz CT molecular complexity index is 482. The third-order valence-corrected chi connectivity index (χ3v) is 3.19. The Hall–Kier alpha value is -1.91. The van der Waals surface area contributed by atoms with E-state index >= 15 is 0 Å². The largest absolute Gasteiger partial charge is 0.320 e. The van der Waals surface area contributed by atoms with Crippen molar-refractivity contribution in [3.63, 3.8) is 0 Å². The lowest BCUT2D eigenvalue weighted by molar-refractivity contribution is -0.383. The Morgan fingerprint density at radius 3 is 2.59 bits per heavy atom. The molecule has 0 bridgehead atoms. The zero-order valence-corrected chi connectivity index (χ0v) is 9.77. The van der Waals surface area contributed by atoms with Crippen LogP contribution in [0.25, 0.3) is 0 Å². The van der Waals surface area contributed by atoms with E-state index in [1.165, 1.54) is 6.07 Å². The highest BCUT2D eigenvalue weighted by molar-refractivity contribution is 5.96. The molecule has 0 spiro atoms. The third kappa shape index (κ3) is 2.27. The molecule has 0 radical (unpaired) electrons. The minimum atomic E-state index is -0.492. The molecule has 17 heavy (non-hydrogen) atoms. The number of nitro benzene ring substituents is 1. The van der Waals surface area contributed by atoms with Crippen LogP contribution < -0.4 is 5.32 Å². The molecule has 1 aliphatic carbocycles. The van der Waals surface area contributed by atoms with Gasteiger partial charge in [-0.2, -0.15) is 0 Å². The molecular formula is C12H14N2O3. The normalized spacial score (nSPS) is 20.7. The Kier molecular flexibility index (Phi) is 2.61. The van der Waals surface area contributed by atoms with E-state index in [0.717, 1.165) is 6.42 Å². The van der Waals surface area contributed by atoms with E-state index in [1.807, 2.05) is 13.8 Å². The average Bonchev–Trinajstić information content (AvgIpc) is 2.88. The van der Waals surface area contributed by atoms with E-state index in [4.69, 9.17) is 0 Å². The molecule has 2 rings (SSSR count). The first kappa shape index (κ1) is 11.6. The van der Waals surface area contributed by atoms with Crippen molar-refractivity contribution in [1.82, 2.24) is 0 Å². The van der Waals surface area contributed by atoms with Crippen LogP contribution in [0.5, 0.6) is 0 Å². The van der Waals surface area contributed by atoms with E-state index in [9.17, 15) is 14.9 Å². The summed E-state index contributed by atoms with van der Waals surface area (Å²) in [5.41, 5.74) is 0.220. The maximum absolute atomic E-state index is 11.8. The first-order valence-corrected chi connectivity index (χ1v) is 5.46. The predicted octanol–water partition coefficient (Wildman–Crippen LogP) is 2.58. The highest BCUT2D eigenvalue weighted by Crippen LogP contribution is 2.52. The molecule has 5 nitrogen and oxygen atoms in total. The van der Waals surface area contributed by atoms with Gasteiger partial charge in [-0.3, -0.25) is 14.9 Å². The monoisotopic (exact) mass is 234 g/mol. The number of nitrogens with zero attached hydrogens (tertiary/aromatic N) is 1. The van der Waals surface area contributed by atoms with Crippen LogP contribution in [0.15, 0.2) is 24.3 Å². The summed E-state index contributed by atoms with van der Waals surface area (Å²) < 4.78 is 0. The smallest absolute Gasteiger partial charge is 0.292 e. The van der Waals surface area contributed by atoms with Crippen molar-refractivity contribution in [2.75, 3.05) is 5.32 Å². The maximum atomic E-state index is 11.8. The number of rotatable bonds is 3. The number of hydrogen-bond acceptors (Lipinski definition) is 3. The van der Waals surface area contributed by atoms with Gasteiger partial charge in [0.2, 0.25) is 5.91 Å². The standard InChI is InChI=1S/C12H14N2O3/c1-12(2)7-8(12)11(15)13-9-5-3-4-6-10(9)14(16)17/h3-6,8H,7H2,1-2H3,(H,13,15)/t8-/m1/s1. The number of carbonyl (C=O) groups excluding carboxylic acids is 1. The zero-order chi connectivity index (χ0) is 12.6. The van der Waals surface area contributed by atoms with Gasteiger partial charge in [-0.1, -0.05) is 26.0 Å². The summed E-state index contributed by atoms with van der Waals surface area (Å²) in [5, 5.41) is 13.4. The highest BCUT2D eigenvalue weighted by atomic mass is 16.6. The van der Waals surface area contributed by atoms with Gasteiger partial charge in [0.15, 0.2) is 0 Å². The highest BCUT2D eigenvalue weighted by Gasteiger charge is 2.50. The summed E-state index contributed by atoms with van der Waals surface area (Å²) in [6.07, 6.45) is 0.833. The van der Waals surface area contributed by atoms with E-state index in [-0.39, 0.29) is 28.6 Å². The maximum Gasteiger partial charge on any atom is 0.292 e. The first-order chi connectivity index (χ1) is 7.92. The second-order valence-corrected chi connectivity index (χ2v) is 5.01. The molecule has 1 N–H and O–H groups in total. The molecule has 0 saturated heterocycles. The number of carbonyl (C=O) groups is 1. The van der Waals surface area contributed by atoms with E-state index in [0.29, 0.717) is 0 Å². The molecule has 1 fully saturated rings. The minimum absolute atomic E-state index is 0.0215. The van der Waals surface area contributed by atoms with Gasteiger partial charge < -0.3 is 5.32 Å². The lowest BCUT2D eigenvalue weighted by Gasteiger charge is -2.06. The fraction of sp³-hybridized carbons (Fsp3) is 0.417. The van der Waals surface area contributed by atoms with Crippen LogP contribution in [0.2, 0.25) is 0 Å². The molecule has 1 aliphatic rings. The summed E-state index contributed by atoms with van der Waals surface area (Å²) in [6, 6.07) is 6.18. The molecule has 1 saturated carbocycles. The zero-order valence-electron chi connectivity index (χ0n) is 9.77. The summed E-state index contributed by atoms with van der Waals surface area (Å²) in [5.74, 6) is -0.174. The van der Waals surface area contributed by atoms with Crippen LogP contribution in [0.1, 0.15) is 20.3 Å². The third-order valence-electron chi connectivity index (χ3n) is 3.19. The van der Waals surface area contributed by atoms with Crippen molar-refractivity contribution >= 4 is 17.3 Å². The van der Waals surface area contributed by atoms with Crippen molar-refractivity contribution < 1.29 is 9.72 Å². The average molecular weight is 234 g/mol. The van der Waals surface area contributed by atoms with Crippen molar-refractivity contribution in [2.24, 2.45) is 11.3 Å². The van der Waals surface area contributed by atoms with Gasteiger partial charge >= 0.3 is 0 Å². The predicted molar refractivity (Wildman–Crippen MR) is 63.6 cm³/mol. The molecule has 0 aromatic heterocycles. The van der Waals surface area contributed by atoms with Crippen molar-refractivity contribution in [3.8, 4) is 0 Å². The Balaban J connectivity index is 2.14. The quantitative estimate of drug-likeness (QED) is 0.645. The molecule has 1 aromatic rings. The van der Waals surface area contributed by atoms with Gasteiger partial charge in [0.1, 0.15) is 5.69 Å². The van der Waals surface area contributed by atoms with Gasteiger partial charge in [-0.25, -0.2) is 0 Å². The van der Waals surface area contributed by atoms with Crippen LogP contribution in [-0.4, -0.2) is 10.8 Å². The lowest BCUT2D eigenvalue weighted by atomic mass is 10.1. The Morgan fingerprint density at radius 2 is 2.06 bits per heavy atom. The molecule has 0 aliphatic heterocycles. The minimum Gasteiger partial charge on any atom is -0.320 e. The number of hydrogen-bond donors (Lipinski definition) is 1. The number of nitro groups is 1.